The number of sulfonamides is 1. The molecule has 0 spiro atoms. The fourth-order valence-electron chi connectivity index (χ4n) is 3.51. The van der Waals surface area contributed by atoms with Crippen LogP contribution in [0.2, 0.25) is 0 Å². The number of nitrogens with one attached hydrogen (secondary N) is 2. The van der Waals surface area contributed by atoms with Crippen LogP contribution in [0.3, 0.4) is 0 Å². The molecule has 7 nitrogen and oxygen atoms in total. The van der Waals surface area contributed by atoms with Crippen molar-refractivity contribution in [3.63, 3.8) is 0 Å². The van der Waals surface area contributed by atoms with Crippen molar-refractivity contribution in [1.29, 1.82) is 0 Å². The summed E-state index contributed by atoms with van der Waals surface area (Å²) in [4.78, 5) is 12.3. The fraction of sp³-hybridized carbons (Fsp3) is 0.381. The molecular formula is C21H21ClF3N3O4S. The minimum Gasteiger partial charge on any atom is -0.406 e. The van der Waals surface area contributed by atoms with Gasteiger partial charge >= 0.3 is 6.36 Å². The lowest BCUT2D eigenvalue weighted by atomic mass is 10.0. The average Bonchev–Trinajstić information content (AvgIpc) is 3.57. The van der Waals surface area contributed by atoms with Gasteiger partial charge in [-0.1, -0.05) is 17.7 Å². The highest BCUT2D eigenvalue weighted by atomic mass is 35.5. The summed E-state index contributed by atoms with van der Waals surface area (Å²) in [6.07, 6.45) is 2.58. The van der Waals surface area contributed by atoms with Crippen molar-refractivity contribution < 1.29 is 31.1 Å². The van der Waals surface area contributed by atoms with Crippen molar-refractivity contribution in [3.8, 4) is 5.75 Å². The maximum atomic E-state index is 12.9. The van der Waals surface area contributed by atoms with E-state index >= 15 is 0 Å². The van der Waals surface area contributed by atoms with Crippen molar-refractivity contribution in [3.05, 3.63) is 58.8 Å². The van der Waals surface area contributed by atoms with E-state index in [1.165, 1.54) is 4.31 Å². The Hall–Kier alpha value is -2.50. The number of carbonyl (C=O) groups excluding carboxylic acids is 1. The summed E-state index contributed by atoms with van der Waals surface area (Å²) < 4.78 is 67.7. The number of rotatable bonds is 6. The molecule has 1 aromatic carbocycles. The predicted octanol–water partition coefficient (Wildman–Crippen LogP) is 3.16. The third-order valence-corrected chi connectivity index (χ3v) is 7.61. The highest BCUT2D eigenvalue weighted by molar-refractivity contribution is 7.89. The Morgan fingerprint density at radius 3 is 2.45 bits per heavy atom. The van der Waals surface area contributed by atoms with E-state index in [-0.39, 0.29) is 29.9 Å². The molecule has 1 amide bonds. The Labute approximate surface area is 194 Å². The Bertz CT molecular complexity index is 1130. The van der Waals surface area contributed by atoms with Gasteiger partial charge in [-0.15, -0.1) is 13.2 Å². The molecule has 1 fully saturated rings. The second kappa shape index (κ2) is 9.03. The van der Waals surface area contributed by atoms with Gasteiger partial charge in [-0.2, -0.15) is 4.31 Å². The monoisotopic (exact) mass is 503 g/mol. The second-order valence-electron chi connectivity index (χ2n) is 7.85. The molecule has 178 valence electrons. The lowest BCUT2D eigenvalue weighted by Gasteiger charge is -2.30. The van der Waals surface area contributed by atoms with Crippen molar-refractivity contribution in [1.82, 2.24) is 14.9 Å². The number of nitrogens with zero attached hydrogens (tertiary/aromatic N) is 1. The van der Waals surface area contributed by atoms with E-state index in [1.54, 1.807) is 18.2 Å². The topological polar surface area (TPSA) is 87.7 Å². The SMILES string of the molecule is O=C(NC1CC1)C1NC(C2=CCN(S(=O)(=O)c3ccc(OC(F)(F)F)cc3)CC2)=CC=C1Cl. The van der Waals surface area contributed by atoms with Crippen LogP contribution in [-0.4, -0.2) is 50.2 Å². The first-order valence-electron chi connectivity index (χ1n) is 10.2. The molecule has 0 saturated heterocycles. The number of carbonyl (C=O) groups is 1. The summed E-state index contributed by atoms with van der Waals surface area (Å²) in [6.45, 7) is 0.248. The highest BCUT2D eigenvalue weighted by Crippen LogP contribution is 2.29. The van der Waals surface area contributed by atoms with Crippen LogP contribution in [0.15, 0.2) is 63.7 Å². The number of allylic oxidation sites excluding steroid dienone is 3. The van der Waals surface area contributed by atoms with Crippen molar-refractivity contribution in [2.75, 3.05) is 13.1 Å². The Morgan fingerprint density at radius 2 is 1.88 bits per heavy atom. The maximum absolute atomic E-state index is 12.9. The summed E-state index contributed by atoms with van der Waals surface area (Å²) >= 11 is 6.20. The number of hydrogen-bond acceptors (Lipinski definition) is 5. The molecular weight excluding hydrogens is 483 g/mol. The van der Waals surface area contributed by atoms with Gasteiger partial charge in [0.1, 0.15) is 11.8 Å². The molecule has 1 aromatic rings. The van der Waals surface area contributed by atoms with E-state index < -0.39 is 28.2 Å². The largest absolute Gasteiger partial charge is 0.573 e. The van der Waals surface area contributed by atoms with Crippen molar-refractivity contribution in [2.24, 2.45) is 0 Å². The van der Waals surface area contributed by atoms with Crippen LogP contribution >= 0.6 is 11.6 Å². The molecule has 2 heterocycles. The summed E-state index contributed by atoms with van der Waals surface area (Å²) in [6, 6.07) is 3.58. The molecule has 0 bridgehead atoms. The second-order valence-corrected chi connectivity index (χ2v) is 10.2. The Balaban J connectivity index is 1.42. The number of amides is 1. The van der Waals surface area contributed by atoms with Crippen LogP contribution in [0, 0.1) is 0 Å². The van der Waals surface area contributed by atoms with Crippen molar-refractivity contribution >= 4 is 27.5 Å². The third kappa shape index (κ3) is 5.71. The zero-order valence-corrected chi connectivity index (χ0v) is 18.8. The maximum Gasteiger partial charge on any atom is 0.573 e. The van der Waals surface area contributed by atoms with E-state index in [0.29, 0.717) is 17.2 Å². The van der Waals surface area contributed by atoms with Gasteiger partial charge in [0, 0.05) is 24.8 Å². The third-order valence-electron chi connectivity index (χ3n) is 5.38. The zero-order valence-electron chi connectivity index (χ0n) is 17.2. The molecule has 4 rings (SSSR count). The lowest BCUT2D eigenvalue weighted by molar-refractivity contribution is -0.274. The average molecular weight is 504 g/mol. The van der Waals surface area contributed by atoms with E-state index in [4.69, 9.17) is 11.6 Å². The highest BCUT2D eigenvalue weighted by Gasteiger charge is 2.33. The van der Waals surface area contributed by atoms with Gasteiger partial charge < -0.3 is 15.4 Å². The van der Waals surface area contributed by atoms with Gasteiger partial charge in [0.2, 0.25) is 15.9 Å². The van der Waals surface area contributed by atoms with Gasteiger partial charge in [-0.25, -0.2) is 8.42 Å². The van der Waals surface area contributed by atoms with Crippen LogP contribution in [0.5, 0.6) is 5.75 Å². The van der Waals surface area contributed by atoms with Gasteiger partial charge in [0.25, 0.3) is 0 Å². The van der Waals surface area contributed by atoms with Crippen LogP contribution in [0.4, 0.5) is 13.2 Å². The molecule has 12 heteroatoms. The van der Waals surface area contributed by atoms with E-state index in [2.05, 4.69) is 15.4 Å². The first-order chi connectivity index (χ1) is 15.5. The van der Waals surface area contributed by atoms with Gasteiger partial charge in [0.05, 0.1) is 9.93 Å². The standard InChI is InChI=1S/C21H21ClF3N3O4S/c22-17-7-8-18(27-19(17)20(29)26-14-1-2-14)13-9-11-28(12-10-13)33(30,31)16-5-3-15(4-6-16)32-21(23,24)25/h3-9,14,19,27H,1-2,10-12H2,(H,26,29). The number of alkyl halides is 3. The molecule has 2 N–H and O–H groups in total. The molecule has 0 radical (unpaired) electrons. The fourth-order valence-corrected chi connectivity index (χ4v) is 5.11. The van der Waals surface area contributed by atoms with Crippen LogP contribution in [0.25, 0.3) is 0 Å². The van der Waals surface area contributed by atoms with Crippen LogP contribution < -0.4 is 15.4 Å². The minimum atomic E-state index is -4.85. The molecule has 2 aliphatic heterocycles. The van der Waals surface area contributed by atoms with Crippen LogP contribution in [0.1, 0.15) is 19.3 Å². The van der Waals surface area contributed by atoms with E-state index in [1.807, 2.05) is 0 Å². The molecule has 1 atom stereocenters. The van der Waals surface area contributed by atoms with E-state index in [9.17, 15) is 26.4 Å². The number of hydrogen-bond donors (Lipinski definition) is 2. The Kier molecular flexibility index (Phi) is 6.47. The molecule has 3 aliphatic rings. The number of benzene rings is 1. The van der Waals surface area contributed by atoms with Gasteiger partial charge in [-0.3, -0.25) is 4.79 Å². The summed E-state index contributed by atoms with van der Waals surface area (Å²) in [5.41, 5.74) is 1.54. The molecule has 1 unspecified atom stereocenters. The smallest absolute Gasteiger partial charge is 0.406 e. The predicted molar refractivity (Wildman–Crippen MR) is 115 cm³/mol. The summed E-state index contributed by atoms with van der Waals surface area (Å²) in [5, 5.41) is 6.40. The first kappa shape index (κ1) is 23.7. The number of dihydropyridines is 1. The normalized spacial score (nSPS) is 21.9. The van der Waals surface area contributed by atoms with Crippen LogP contribution in [-0.2, 0) is 14.8 Å². The van der Waals surface area contributed by atoms with Gasteiger partial charge in [-0.05, 0) is 61.3 Å². The van der Waals surface area contributed by atoms with Gasteiger partial charge in [0.15, 0.2) is 0 Å². The summed E-state index contributed by atoms with van der Waals surface area (Å²) in [5.74, 6) is -0.701. The minimum absolute atomic E-state index is 0.0773. The van der Waals surface area contributed by atoms with Crippen molar-refractivity contribution in [2.45, 2.75) is 42.6 Å². The Morgan fingerprint density at radius 1 is 1.18 bits per heavy atom. The molecule has 1 saturated carbocycles. The zero-order chi connectivity index (χ0) is 23.8. The number of halogens is 4. The van der Waals surface area contributed by atoms with E-state index in [0.717, 1.165) is 42.7 Å². The summed E-state index contributed by atoms with van der Waals surface area (Å²) in [7, 11) is -3.90. The number of ether oxygens (including phenoxy) is 1. The lowest BCUT2D eigenvalue weighted by Crippen LogP contribution is -2.46. The first-order valence-corrected chi connectivity index (χ1v) is 12.0. The molecule has 1 aliphatic carbocycles. The quantitative estimate of drug-likeness (QED) is 0.622. The molecule has 0 aromatic heterocycles. The molecule has 33 heavy (non-hydrogen) atoms.